The number of nitrogens with one attached hydrogen (secondary N) is 1. The third-order valence-electron chi connectivity index (χ3n) is 6.49. The molecule has 2 atom stereocenters. The summed E-state index contributed by atoms with van der Waals surface area (Å²) < 4.78 is 16.9. The number of ketones is 1. The van der Waals surface area contributed by atoms with E-state index >= 15 is 0 Å². The number of hydrogen-bond acceptors (Lipinski definition) is 7. The molecule has 5 rings (SSSR count). The van der Waals surface area contributed by atoms with Gasteiger partial charge in [-0.15, -0.1) is 0 Å². The fraction of sp³-hybridized carbons (Fsp3) is 0.400. The van der Waals surface area contributed by atoms with Crippen LogP contribution in [0.3, 0.4) is 0 Å². The molecule has 0 unspecified atom stereocenters. The zero-order chi connectivity index (χ0) is 23.1. The first-order chi connectivity index (χ1) is 15.9. The van der Waals surface area contributed by atoms with E-state index in [1.807, 2.05) is 0 Å². The standard InChI is InChI=1S/C25H24ClNO6/c1-13-21(25(30)33-11-15-4-3-9-31-15)22(23-18(27-13)5-2-6-19(23)28)17-12-32-20-8-7-14(26)10-16(20)24(17)29/h7-8,10,12,15,22,27H,2-6,9,11H2,1H3/t15-,22+/m1/s1. The number of fused-ring (bicyclic) bond motifs is 1. The van der Waals surface area contributed by atoms with Crippen LogP contribution < -0.4 is 10.7 Å². The Balaban J connectivity index is 1.61. The van der Waals surface area contributed by atoms with Gasteiger partial charge >= 0.3 is 5.97 Å². The van der Waals surface area contributed by atoms with Crippen LogP contribution in [0.5, 0.6) is 0 Å². The molecule has 1 aromatic carbocycles. The molecule has 8 heteroatoms. The predicted octanol–water partition coefficient (Wildman–Crippen LogP) is 4.14. The van der Waals surface area contributed by atoms with Crippen molar-refractivity contribution >= 4 is 34.3 Å². The summed E-state index contributed by atoms with van der Waals surface area (Å²) in [7, 11) is 0. The highest BCUT2D eigenvalue weighted by Crippen LogP contribution is 2.42. The predicted molar refractivity (Wildman–Crippen MR) is 122 cm³/mol. The number of hydrogen-bond donors (Lipinski definition) is 1. The van der Waals surface area contributed by atoms with Gasteiger partial charge in [0.1, 0.15) is 12.2 Å². The Morgan fingerprint density at radius 3 is 2.88 bits per heavy atom. The SMILES string of the molecule is CC1=C(C(=O)OC[C@H]2CCCO2)[C@H](c2coc3ccc(Cl)cc3c2=O)C2=C(CCCC2=O)N1. The molecule has 172 valence electrons. The quantitative estimate of drug-likeness (QED) is 0.672. The highest BCUT2D eigenvalue weighted by molar-refractivity contribution is 6.31. The lowest BCUT2D eigenvalue weighted by molar-refractivity contribution is -0.142. The van der Waals surface area contributed by atoms with Gasteiger partial charge in [-0.3, -0.25) is 9.59 Å². The Labute approximate surface area is 195 Å². The van der Waals surface area contributed by atoms with E-state index < -0.39 is 11.9 Å². The Morgan fingerprint density at radius 1 is 1.24 bits per heavy atom. The van der Waals surface area contributed by atoms with Gasteiger partial charge in [-0.05, 0) is 50.8 Å². The average Bonchev–Trinajstić information content (AvgIpc) is 3.31. The second kappa shape index (κ2) is 8.80. The maximum atomic E-state index is 13.5. The minimum Gasteiger partial charge on any atom is -0.464 e. The van der Waals surface area contributed by atoms with Crippen molar-refractivity contribution < 1.29 is 23.5 Å². The third kappa shape index (κ3) is 4.00. The van der Waals surface area contributed by atoms with Gasteiger partial charge in [0, 0.05) is 40.6 Å². The van der Waals surface area contributed by atoms with Gasteiger partial charge in [0.25, 0.3) is 0 Å². The molecular formula is C25H24ClNO6. The first-order valence-electron chi connectivity index (χ1n) is 11.2. The summed E-state index contributed by atoms with van der Waals surface area (Å²) in [4.78, 5) is 39.9. The fourth-order valence-electron chi connectivity index (χ4n) is 4.90. The van der Waals surface area contributed by atoms with Crippen LogP contribution in [0.1, 0.15) is 50.5 Å². The summed E-state index contributed by atoms with van der Waals surface area (Å²) in [5.74, 6) is -1.53. The first-order valence-corrected chi connectivity index (χ1v) is 11.6. The van der Waals surface area contributed by atoms with Crippen molar-refractivity contribution in [3.05, 3.63) is 67.8 Å². The second-order valence-corrected chi connectivity index (χ2v) is 9.10. The number of carbonyl (C=O) groups excluding carboxylic acids is 2. The third-order valence-corrected chi connectivity index (χ3v) is 6.73. The molecule has 0 spiro atoms. The van der Waals surface area contributed by atoms with Crippen molar-refractivity contribution in [1.82, 2.24) is 5.32 Å². The summed E-state index contributed by atoms with van der Waals surface area (Å²) in [5.41, 5.74) is 2.27. The van der Waals surface area contributed by atoms with Gasteiger partial charge in [-0.1, -0.05) is 11.6 Å². The van der Waals surface area contributed by atoms with Crippen LogP contribution in [-0.4, -0.2) is 31.1 Å². The molecule has 0 amide bonds. The van der Waals surface area contributed by atoms with Crippen LogP contribution in [0, 0.1) is 0 Å². The summed E-state index contributed by atoms with van der Waals surface area (Å²) in [5, 5.41) is 3.92. The summed E-state index contributed by atoms with van der Waals surface area (Å²) >= 11 is 6.12. The number of Topliss-reactive ketones (excluding diaryl/α,β-unsaturated/α-hetero) is 1. The van der Waals surface area contributed by atoms with E-state index in [1.54, 1.807) is 19.1 Å². The lowest BCUT2D eigenvalue weighted by Crippen LogP contribution is -2.36. The van der Waals surface area contributed by atoms with E-state index in [-0.39, 0.29) is 35.1 Å². The van der Waals surface area contributed by atoms with E-state index in [9.17, 15) is 14.4 Å². The Morgan fingerprint density at radius 2 is 2.09 bits per heavy atom. The Hall–Kier alpha value is -2.90. The van der Waals surface area contributed by atoms with Crippen LogP contribution in [0.25, 0.3) is 11.0 Å². The van der Waals surface area contributed by atoms with E-state index in [0.29, 0.717) is 53.1 Å². The zero-order valence-electron chi connectivity index (χ0n) is 18.2. The number of dihydropyridines is 1. The van der Waals surface area contributed by atoms with E-state index in [2.05, 4.69) is 5.32 Å². The van der Waals surface area contributed by atoms with Crippen molar-refractivity contribution in [1.29, 1.82) is 0 Å². The fourth-order valence-corrected chi connectivity index (χ4v) is 5.08. The molecule has 33 heavy (non-hydrogen) atoms. The molecule has 1 N–H and O–H groups in total. The normalized spacial score (nSPS) is 23.0. The maximum Gasteiger partial charge on any atom is 0.336 e. The smallest absolute Gasteiger partial charge is 0.336 e. The molecule has 2 aromatic rings. The van der Waals surface area contributed by atoms with E-state index in [1.165, 1.54) is 12.3 Å². The molecule has 3 aliphatic rings. The molecule has 1 fully saturated rings. The van der Waals surface area contributed by atoms with Crippen LogP contribution in [0.2, 0.25) is 5.02 Å². The van der Waals surface area contributed by atoms with Crippen molar-refractivity contribution in [2.45, 2.75) is 51.0 Å². The van der Waals surface area contributed by atoms with E-state index in [0.717, 1.165) is 18.5 Å². The molecule has 0 bridgehead atoms. The van der Waals surface area contributed by atoms with Crippen molar-refractivity contribution in [2.75, 3.05) is 13.2 Å². The number of halogens is 1. The number of carbonyl (C=O) groups is 2. The Kier molecular flexibility index (Phi) is 5.85. The highest BCUT2D eigenvalue weighted by atomic mass is 35.5. The molecule has 3 heterocycles. The summed E-state index contributed by atoms with van der Waals surface area (Å²) in [6.07, 6.45) is 4.71. The average molecular weight is 470 g/mol. The van der Waals surface area contributed by atoms with Crippen molar-refractivity contribution in [3.63, 3.8) is 0 Å². The molecule has 7 nitrogen and oxygen atoms in total. The molecule has 1 aliphatic carbocycles. The topological polar surface area (TPSA) is 94.8 Å². The zero-order valence-corrected chi connectivity index (χ0v) is 19.0. The lowest BCUT2D eigenvalue weighted by atomic mass is 9.75. The molecule has 0 saturated carbocycles. The number of allylic oxidation sites excluding steroid dienone is 3. The minimum absolute atomic E-state index is 0.0868. The van der Waals surface area contributed by atoms with Gasteiger partial charge in [-0.25, -0.2) is 4.79 Å². The molecule has 1 aromatic heterocycles. The largest absolute Gasteiger partial charge is 0.464 e. The van der Waals surface area contributed by atoms with Gasteiger partial charge in [0.2, 0.25) is 0 Å². The van der Waals surface area contributed by atoms with Crippen LogP contribution in [-0.2, 0) is 19.1 Å². The molecular weight excluding hydrogens is 446 g/mol. The van der Waals surface area contributed by atoms with E-state index in [4.69, 9.17) is 25.5 Å². The minimum atomic E-state index is -0.870. The van der Waals surface area contributed by atoms with Crippen LogP contribution in [0.15, 0.2) is 56.2 Å². The monoisotopic (exact) mass is 469 g/mol. The Bertz CT molecular complexity index is 1270. The van der Waals surface area contributed by atoms with Crippen LogP contribution >= 0.6 is 11.6 Å². The van der Waals surface area contributed by atoms with Gasteiger partial charge in [0.15, 0.2) is 11.2 Å². The summed E-state index contributed by atoms with van der Waals surface area (Å²) in [6, 6.07) is 4.80. The number of ether oxygens (including phenoxy) is 2. The molecule has 0 radical (unpaired) electrons. The number of rotatable bonds is 4. The molecule has 2 aliphatic heterocycles. The maximum absolute atomic E-state index is 13.5. The number of benzene rings is 1. The van der Waals surface area contributed by atoms with Crippen LogP contribution in [0.4, 0.5) is 0 Å². The molecule has 1 saturated heterocycles. The first kappa shape index (κ1) is 21.9. The van der Waals surface area contributed by atoms with Gasteiger partial charge in [-0.2, -0.15) is 0 Å². The number of esters is 1. The second-order valence-electron chi connectivity index (χ2n) is 8.66. The highest BCUT2D eigenvalue weighted by Gasteiger charge is 2.41. The van der Waals surface area contributed by atoms with Crippen molar-refractivity contribution in [3.8, 4) is 0 Å². The lowest BCUT2D eigenvalue weighted by Gasteiger charge is -2.33. The van der Waals surface area contributed by atoms with Gasteiger partial charge in [0.05, 0.1) is 29.2 Å². The van der Waals surface area contributed by atoms with Gasteiger partial charge < -0.3 is 19.2 Å². The van der Waals surface area contributed by atoms with Crippen molar-refractivity contribution in [2.24, 2.45) is 0 Å². The summed E-state index contributed by atoms with van der Waals surface area (Å²) in [6.45, 7) is 2.54.